The van der Waals surface area contributed by atoms with Gasteiger partial charge >= 0.3 is 0 Å². The SMILES string of the molecule is C[C@@H]1CN(CC(=O)N2CC(C)(C)c3nnc(Cc4ccc(F)cc4F)cc32)[C@@H](CN2CC(C)(C)CC2=O)CN1. The van der Waals surface area contributed by atoms with Crippen molar-refractivity contribution in [2.75, 3.05) is 44.2 Å². The fourth-order valence-corrected chi connectivity index (χ4v) is 6.10. The third-order valence-electron chi connectivity index (χ3n) is 8.09. The molecule has 2 saturated heterocycles. The van der Waals surface area contributed by atoms with Gasteiger partial charge in [0, 0.05) is 69.1 Å². The highest BCUT2D eigenvalue weighted by atomic mass is 19.1. The monoisotopic (exact) mass is 540 g/mol. The van der Waals surface area contributed by atoms with Gasteiger partial charge in [-0.1, -0.05) is 33.8 Å². The molecular weight excluding hydrogens is 502 g/mol. The Hall–Kier alpha value is -2.98. The number of hydrogen-bond acceptors (Lipinski definition) is 6. The smallest absolute Gasteiger partial charge is 0.241 e. The molecule has 3 aliphatic rings. The van der Waals surface area contributed by atoms with Gasteiger partial charge in [0.1, 0.15) is 11.6 Å². The molecule has 4 heterocycles. The van der Waals surface area contributed by atoms with E-state index >= 15 is 0 Å². The highest BCUT2D eigenvalue weighted by molar-refractivity contribution is 5.97. The standard InChI is InChI=1S/C29H38F2N6O2/c1-18-13-35(22(12-32-18)14-36-16-28(2,3)11-25(36)38)15-26(39)37-17-29(4,5)27-24(37)10-21(33-34-27)8-19-6-7-20(30)9-23(19)31/h6-7,9-10,18,22,32H,8,11-17H2,1-5H3/t18-,22-/m1/s1. The topological polar surface area (TPSA) is 81.7 Å². The lowest BCUT2D eigenvalue weighted by Crippen LogP contribution is -2.61. The zero-order chi connectivity index (χ0) is 28.1. The van der Waals surface area contributed by atoms with Crippen molar-refractivity contribution in [2.45, 2.75) is 65.0 Å². The van der Waals surface area contributed by atoms with Gasteiger partial charge in [-0.25, -0.2) is 8.78 Å². The molecule has 0 unspecified atom stereocenters. The number of nitrogens with zero attached hydrogens (tertiary/aromatic N) is 5. The minimum absolute atomic E-state index is 0.0330. The number of carbonyl (C=O) groups is 2. The molecule has 10 heteroatoms. The summed E-state index contributed by atoms with van der Waals surface area (Å²) >= 11 is 0. The molecule has 3 aliphatic heterocycles. The number of fused-ring (bicyclic) bond motifs is 1. The molecule has 2 aromatic rings. The van der Waals surface area contributed by atoms with Crippen molar-refractivity contribution >= 4 is 17.5 Å². The average molecular weight is 541 g/mol. The van der Waals surface area contributed by atoms with Gasteiger partial charge in [0.25, 0.3) is 0 Å². The van der Waals surface area contributed by atoms with Crippen LogP contribution in [-0.4, -0.2) is 83.2 Å². The summed E-state index contributed by atoms with van der Waals surface area (Å²) in [6.07, 6.45) is 0.694. The zero-order valence-electron chi connectivity index (χ0n) is 23.4. The van der Waals surface area contributed by atoms with Gasteiger partial charge in [-0.2, -0.15) is 10.2 Å². The molecule has 39 heavy (non-hydrogen) atoms. The molecule has 0 saturated carbocycles. The summed E-state index contributed by atoms with van der Waals surface area (Å²) in [5, 5.41) is 12.3. The second-order valence-corrected chi connectivity index (χ2v) is 12.9. The van der Waals surface area contributed by atoms with Crippen LogP contribution in [0.5, 0.6) is 0 Å². The van der Waals surface area contributed by atoms with Crippen LogP contribution in [0.4, 0.5) is 14.5 Å². The molecule has 1 aromatic heterocycles. The number of aromatic nitrogens is 2. The number of hydrogen-bond donors (Lipinski definition) is 1. The Balaban J connectivity index is 1.34. The van der Waals surface area contributed by atoms with Gasteiger partial charge in [-0.3, -0.25) is 14.5 Å². The van der Waals surface area contributed by atoms with Crippen LogP contribution in [0.3, 0.4) is 0 Å². The fraction of sp³-hybridized carbons (Fsp3) is 0.586. The largest absolute Gasteiger partial charge is 0.341 e. The third-order valence-corrected chi connectivity index (χ3v) is 8.09. The number of rotatable bonds is 6. The summed E-state index contributed by atoms with van der Waals surface area (Å²) in [4.78, 5) is 32.3. The first-order chi connectivity index (χ1) is 18.3. The predicted octanol–water partition coefficient (Wildman–Crippen LogP) is 2.89. The molecule has 0 radical (unpaired) electrons. The van der Waals surface area contributed by atoms with Crippen molar-refractivity contribution in [1.82, 2.24) is 25.3 Å². The van der Waals surface area contributed by atoms with Gasteiger partial charge < -0.3 is 15.1 Å². The number of amides is 2. The Morgan fingerprint density at radius 3 is 2.59 bits per heavy atom. The second-order valence-electron chi connectivity index (χ2n) is 12.9. The van der Waals surface area contributed by atoms with Crippen molar-refractivity contribution in [3.05, 3.63) is 52.9 Å². The van der Waals surface area contributed by atoms with Crippen molar-refractivity contribution in [1.29, 1.82) is 0 Å². The van der Waals surface area contributed by atoms with E-state index in [0.717, 1.165) is 18.3 Å². The van der Waals surface area contributed by atoms with E-state index < -0.39 is 11.6 Å². The van der Waals surface area contributed by atoms with E-state index in [1.165, 1.54) is 12.1 Å². The highest BCUT2D eigenvalue weighted by Crippen LogP contribution is 2.39. The zero-order valence-corrected chi connectivity index (χ0v) is 23.4. The average Bonchev–Trinajstić information content (AvgIpc) is 3.27. The number of anilines is 1. The van der Waals surface area contributed by atoms with Crippen LogP contribution in [0.15, 0.2) is 24.3 Å². The summed E-state index contributed by atoms with van der Waals surface area (Å²) in [6.45, 7) is 13.8. The van der Waals surface area contributed by atoms with E-state index in [4.69, 9.17) is 0 Å². The van der Waals surface area contributed by atoms with Crippen molar-refractivity contribution < 1.29 is 18.4 Å². The van der Waals surface area contributed by atoms with Gasteiger partial charge in [0.15, 0.2) is 0 Å². The first kappa shape index (κ1) is 27.6. The quantitative estimate of drug-likeness (QED) is 0.607. The first-order valence-corrected chi connectivity index (χ1v) is 13.7. The molecule has 5 rings (SSSR count). The van der Waals surface area contributed by atoms with Gasteiger partial charge in [-0.05, 0) is 30.0 Å². The Labute approximate surface area is 228 Å². The third kappa shape index (κ3) is 5.82. The Kier molecular flexibility index (Phi) is 7.22. The molecule has 2 fully saturated rings. The summed E-state index contributed by atoms with van der Waals surface area (Å²) in [7, 11) is 0. The number of carbonyl (C=O) groups excluding carboxylic acids is 2. The van der Waals surface area contributed by atoms with E-state index in [1.54, 1.807) is 11.0 Å². The van der Waals surface area contributed by atoms with Crippen molar-refractivity contribution in [3.8, 4) is 0 Å². The summed E-state index contributed by atoms with van der Waals surface area (Å²) in [5.74, 6) is -1.14. The van der Waals surface area contributed by atoms with Crippen LogP contribution in [0.25, 0.3) is 0 Å². The van der Waals surface area contributed by atoms with E-state index in [9.17, 15) is 18.4 Å². The van der Waals surface area contributed by atoms with Crippen LogP contribution in [0, 0.1) is 17.0 Å². The number of likely N-dealkylation sites (tertiary alicyclic amines) is 1. The molecule has 0 bridgehead atoms. The maximum absolute atomic E-state index is 14.3. The van der Waals surface area contributed by atoms with E-state index in [0.29, 0.717) is 49.5 Å². The minimum Gasteiger partial charge on any atom is -0.341 e. The maximum Gasteiger partial charge on any atom is 0.241 e. The number of halogens is 2. The van der Waals surface area contributed by atoms with Crippen molar-refractivity contribution in [3.63, 3.8) is 0 Å². The fourth-order valence-electron chi connectivity index (χ4n) is 6.10. The Morgan fingerprint density at radius 1 is 1.13 bits per heavy atom. The van der Waals surface area contributed by atoms with E-state index in [2.05, 4.69) is 41.2 Å². The molecule has 1 N–H and O–H groups in total. The number of nitrogens with one attached hydrogen (secondary N) is 1. The van der Waals surface area contributed by atoms with Crippen LogP contribution >= 0.6 is 0 Å². The predicted molar refractivity (Wildman–Crippen MR) is 144 cm³/mol. The number of benzene rings is 1. The van der Waals surface area contributed by atoms with Gasteiger partial charge in [0.05, 0.1) is 23.6 Å². The normalized spacial score (nSPS) is 24.3. The molecule has 2 amide bonds. The molecule has 8 nitrogen and oxygen atoms in total. The molecule has 0 spiro atoms. The lowest BCUT2D eigenvalue weighted by atomic mass is 9.91. The molecule has 1 aromatic carbocycles. The lowest BCUT2D eigenvalue weighted by molar-refractivity contribution is -0.128. The summed E-state index contributed by atoms with van der Waals surface area (Å²) < 4.78 is 27.7. The summed E-state index contributed by atoms with van der Waals surface area (Å²) in [5.41, 5.74) is 1.83. The Bertz CT molecular complexity index is 1280. The van der Waals surface area contributed by atoms with Crippen LogP contribution in [0.2, 0.25) is 0 Å². The second kappa shape index (κ2) is 10.2. The van der Waals surface area contributed by atoms with E-state index in [1.807, 2.05) is 18.7 Å². The highest BCUT2D eigenvalue weighted by Gasteiger charge is 2.42. The molecular formula is C29H38F2N6O2. The Morgan fingerprint density at radius 2 is 1.90 bits per heavy atom. The maximum atomic E-state index is 14.3. The molecule has 210 valence electrons. The lowest BCUT2D eigenvalue weighted by Gasteiger charge is -2.41. The van der Waals surface area contributed by atoms with Gasteiger partial charge in [-0.15, -0.1) is 0 Å². The molecule has 0 aliphatic carbocycles. The first-order valence-electron chi connectivity index (χ1n) is 13.7. The molecule has 2 atom stereocenters. The van der Waals surface area contributed by atoms with E-state index in [-0.39, 0.29) is 47.7 Å². The van der Waals surface area contributed by atoms with Crippen LogP contribution in [-0.2, 0) is 21.4 Å². The summed E-state index contributed by atoms with van der Waals surface area (Å²) in [6, 6.07) is 5.55. The van der Waals surface area contributed by atoms with Crippen LogP contribution in [0.1, 0.15) is 58.0 Å². The van der Waals surface area contributed by atoms with Gasteiger partial charge in [0.2, 0.25) is 11.8 Å². The van der Waals surface area contributed by atoms with Crippen molar-refractivity contribution in [2.24, 2.45) is 5.41 Å². The number of piperazine rings is 1. The van der Waals surface area contributed by atoms with Crippen LogP contribution < -0.4 is 10.2 Å². The minimum atomic E-state index is -0.635.